The van der Waals surface area contributed by atoms with Gasteiger partial charge in [0.1, 0.15) is 5.82 Å². The second kappa shape index (κ2) is 7.54. The van der Waals surface area contributed by atoms with Gasteiger partial charge in [0.15, 0.2) is 0 Å². The molecule has 0 spiro atoms. The summed E-state index contributed by atoms with van der Waals surface area (Å²) in [7, 11) is 0. The number of hydrogen-bond acceptors (Lipinski definition) is 4. The van der Waals surface area contributed by atoms with Crippen molar-refractivity contribution in [1.82, 2.24) is 4.90 Å². The number of halogens is 1. The number of benzene rings is 2. The van der Waals surface area contributed by atoms with Crippen molar-refractivity contribution >= 4 is 17.4 Å². The molecule has 1 heterocycles. The van der Waals surface area contributed by atoms with Crippen molar-refractivity contribution in [2.24, 2.45) is 0 Å². The van der Waals surface area contributed by atoms with E-state index in [1.165, 1.54) is 6.07 Å². The Labute approximate surface area is 150 Å². The second-order valence-corrected chi connectivity index (χ2v) is 5.87. The van der Waals surface area contributed by atoms with Crippen LogP contribution in [0, 0.1) is 28.5 Å². The van der Waals surface area contributed by atoms with Crippen LogP contribution in [0.3, 0.4) is 0 Å². The van der Waals surface area contributed by atoms with Crippen molar-refractivity contribution in [3.05, 3.63) is 59.4 Å². The number of anilines is 2. The van der Waals surface area contributed by atoms with Gasteiger partial charge in [-0.1, -0.05) is 6.07 Å². The Hall–Kier alpha value is -3.58. The van der Waals surface area contributed by atoms with Crippen LogP contribution < -0.4 is 10.2 Å². The van der Waals surface area contributed by atoms with E-state index in [2.05, 4.69) is 5.32 Å². The van der Waals surface area contributed by atoms with Crippen molar-refractivity contribution in [1.29, 1.82) is 10.5 Å². The average Bonchev–Trinajstić information content (AvgIpc) is 2.68. The molecular weight excluding hydrogens is 333 g/mol. The van der Waals surface area contributed by atoms with Crippen molar-refractivity contribution in [2.75, 3.05) is 36.4 Å². The second-order valence-electron chi connectivity index (χ2n) is 5.87. The van der Waals surface area contributed by atoms with Crippen molar-refractivity contribution < 1.29 is 9.18 Å². The Balaban J connectivity index is 1.60. The van der Waals surface area contributed by atoms with Gasteiger partial charge >= 0.3 is 6.03 Å². The number of rotatable bonds is 2. The molecule has 0 atom stereocenters. The number of nitrogens with one attached hydrogen (secondary N) is 1. The molecule has 2 aromatic carbocycles. The highest BCUT2D eigenvalue weighted by molar-refractivity contribution is 5.89. The number of piperazine rings is 1. The molecule has 1 saturated heterocycles. The normalized spacial score (nSPS) is 13.7. The highest BCUT2D eigenvalue weighted by Crippen LogP contribution is 2.22. The fraction of sp³-hybridized carbons (Fsp3) is 0.211. The van der Waals surface area contributed by atoms with Gasteiger partial charge in [-0.05, 0) is 36.4 Å². The molecule has 0 bridgehead atoms. The summed E-state index contributed by atoms with van der Waals surface area (Å²) in [5.41, 5.74) is 1.76. The molecule has 26 heavy (non-hydrogen) atoms. The van der Waals surface area contributed by atoms with Gasteiger partial charge in [0.25, 0.3) is 0 Å². The Morgan fingerprint density at radius 3 is 2.35 bits per heavy atom. The molecule has 1 aliphatic rings. The minimum absolute atomic E-state index is 0.250. The van der Waals surface area contributed by atoms with Crippen LogP contribution >= 0.6 is 0 Å². The van der Waals surface area contributed by atoms with Crippen molar-refractivity contribution in [3.8, 4) is 12.1 Å². The first-order chi connectivity index (χ1) is 12.6. The molecule has 7 heteroatoms. The molecule has 0 unspecified atom stereocenters. The summed E-state index contributed by atoms with van der Waals surface area (Å²) < 4.78 is 14.1. The standard InChI is InChI=1S/C19H16FN5O/c20-17-11-15(13-22)4-5-18(17)24-6-8-25(9-7-24)19(26)23-16-3-1-2-14(10-16)12-21/h1-5,10-11H,6-9H2,(H,23,26). The van der Waals surface area contributed by atoms with E-state index < -0.39 is 5.82 Å². The highest BCUT2D eigenvalue weighted by Gasteiger charge is 2.23. The number of nitriles is 2. The average molecular weight is 349 g/mol. The maximum absolute atomic E-state index is 14.1. The van der Waals surface area contributed by atoms with Crippen LogP contribution in [-0.2, 0) is 0 Å². The number of hydrogen-bond donors (Lipinski definition) is 1. The number of carbonyl (C=O) groups is 1. The quantitative estimate of drug-likeness (QED) is 0.904. The van der Waals surface area contributed by atoms with Gasteiger partial charge in [-0.25, -0.2) is 9.18 Å². The number of urea groups is 1. The minimum Gasteiger partial charge on any atom is -0.366 e. The predicted octanol–water partition coefficient (Wildman–Crippen LogP) is 2.92. The SMILES string of the molecule is N#Cc1cccc(NC(=O)N2CCN(c3ccc(C#N)cc3F)CC2)c1. The first kappa shape index (κ1) is 17.2. The zero-order valence-corrected chi connectivity index (χ0v) is 13.9. The summed E-state index contributed by atoms with van der Waals surface area (Å²) in [5.74, 6) is -0.435. The molecule has 2 amide bonds. The molecule has 2 aromatic rings. The molecule has 0 aromatic heterocycles. The third-order valence-corrected chi connectivity index (χ3v) is 4.23. The van der Waals surface area contributed by atoms with Crippen LogP contribution in [-0.4, -0.2) is 37.1 Å². The van der Waals surface area contributed by atoms with E-state index in [-0.39, 0.29) is 11.6 Å². The van der Waals surface area contributed by atoms with Crippen LogP contribution in [0.25, 0.3) is 0 Å². The predicted molar refractivity (Wildman–Crippen MR) is 95.1 cm³/mol. The smallest absolute Gasteiger partial charge is 0.321 e. The lowest BCUT2D eigenvalue weighted by Gasteiger charge is -2.36. The summed E-state index contributed by atoms with van der Waals surface area (Å²) in [5, 5.41) is 20.5. The van der Waals surface area contributed by atoms with Crippen LogP contribution in [0.15, 0.2) is 42.5 Å². The molecule has 1 aliphatic heterocycles. The lowest BCUT2D eigenvalue weighted by atomic mass is 10.2. The van der Waals surface area contributed by atoms with Gasteiger partial charge in [0, 0.05) is 31.9 Å². The van der Waals surface area contributed by atoms with E-state index in [1.807, 2.05) is 17.0 Å². The summed E-state index contributed by atoms with van der Waals surface area (Å²) in [6.07, 6.45) is 0. The third-order valence-electron chi connectivity index (χ3n) is 4.23. The van der Waals surface area contributed by atoms with E-state index in [0.717, 1.165) is 0 Å². The fourth-order valence-electron chi connectivity index (χ4n) is 2.85. The topological polar surface area (TPSA) is 83.2 Å². The molecule has 0 aliphatic carbocycles. The van der Waals surface area contributed by atoms with E-state index in [0.29, 0.717) is 43.1 Å². The lowest BCUT2D eigenvalue weighted by molar-refractivity contribution is 0.208. The Kier molecular flexibility index (Phi) is 5.00. The van der Waals surface area contributed by atoms with Crippen LogP contribution in [0.1, 0.15) is 11.1 Å². The molecule has 3 rings (SSSR count). The van der Waals surface area contributed by atoms with Crippen LogP contribution in [0.2, 0.25) is 0 Å². The van der Waals surface area contributed by atoms with Gasteiger partial charge in [-0.15, -0.1) is 0 Å². The van der Waals surface area contributed by atoms with Crippen molar-refractivity contribution in [2.45, 2.75) is 0 Å². The van der Waals surface area contributed by atoms with Gasteiger partial charge in [0.05, 0.1) is 29.0 Å². The van der Waals surface area contributed by atoms with E-state index in [9.17, 15) is 9.18 Å². The maximum Gasteiger partial charge on any atom is 0.321 e. The summed E-state index contributed by atoms with van der Waals surface area (Å²) in [6.45, 7) is 1.88. The molecule has 0 saturated carbocycles. The van der Waals surface area contributed by atoms with Crippen LogP contribution in [0.5, 0.6) is 0 Å². The number of amides is 2. The fourth-order valence-corrected chi connectivity index (χ4v) is 2.85. The molecule has 6 nitrogen and oxygen atoms in total. The van der Waals surface area contributed by atoms with Crippen molar-refractivity contribution in [3.63, 3.8) is 0 Å². The Morgan fingerprint density at radius 1 is 1.00 bits per heavy atom. The zero-order chi connectivity index (χ0) is 18.5. The monoisotopic (exact) mass is 349 g/mol. The maximum atomic E-state index is 14.1. The number of carbonyl (C=O) groups excluding carboxylic acids is 1. The zero-order valence-electron chi connectivity index (χ0n) is 13.9. The Morgan fingerprint density at radius 2 is 1.69 bits per heavy atom. The Bertz CT molecular complexity index is 907. The van der Waals surface area contributed by atoms with Crippen LogP contribution in [0.4, 0.5) is 20.6 Å². The number of nitrogens with zero attached hydrogens (tertiary/aromatic N) is 4. The lowest BCUT2D eigenvalue weighted by Crippen LogP contribution is -2.50. The molecule has 130 valence electrons. The summed E-state index contributed by atoms with van der Waals surface area (Å²) in [6, 6.07) is 14.8. The van der Waals surface area contributed by atoms with Gasteiger partial charge in [0.2, 0.25) is 0 Å². The summed E-state index contributed by atoms with van der Waals surface area (Å²) in [4.78, 5) is 15.9. The van der Waals surface area contributed by atoms with E-state index >= 15 is 0 Å². The molecular formula is C19H16FN5O. The first-order valence-electron chi connectivity index (χ1n) is 8.11. The first-order valence-corrected chi connectivity index (χ1v) is 8.11. The van der Waals surface area contributed by atoms with Gasteiger partial charge in [-0.3, -0.25) is 0 Å². The molecule has 1 N–H and O–H groups in total. The van der Waals surface area contributed by atoms with E-state index in [1.54, 1.807) is 41.3 Å². The van der Waals surface area contributed by atoms with Gasteiger partial charge < -0.3 is 15.1 Å². The third kappa shape index (κ3) is 3.73. The van der Waals surface area contributed by atoms with E-state index in [4.69, 9.17) is 10.5 Å². The molecule has 0 radical (unpaired) electrons. The summed E-state index contributed by atoms with van der Waals surface area (Å²) >= 11 is 0. The molecule has 1 fully saturated rings. The largest absolute Gasteiger partial charge is 0.366 e. The minimum atomic E-state index is -0.435. The highest BCUT2D eigenvalue weighted by atomic mass is 19.1. The van der Waals surface area contributed by atoms with Gasteiger partial charge in [-0.2, -0.15) is 10.5 Å².